The largest absolute Gasteiger partial charge is 0.151 e. The minimum Gasteiger partial charge on any atom is -0.0990 e. The highest BCUT2D eigenvalue weighted by atomic mass is 127. The second-order valence-electron chi connectivity index (χ2n) is 3.40. The van der Waals surface area contributed by atoms with Crippen molar-refractivity contribution in [2.75, 3.05) is 4.43 Å². The van der Waals surface area contributed by atoms with Crippen molar-refractivity contribution in [3.8, 4) is 0 Å². The average Bonchev–Trinajstić information content (AvgIpc) is 2.38. The summed E-state index contributed by atoms with van der Waals surface area (Å²) in [5.74, 6) is 0. The number of hydrogen-bond acceptors (Lipinski definition) is 0. The van der Waals surface area contributed by atoms with Gasteiger partial charge in [0, 0.05) is 0 Å². The summed E-state index contributed by atoms with van der Waals surface area (Å²) in [6.45, 7) is 3.89. The standard InChI is InChI=1S/C15H15I/c1-2-13-16(14-9-5-3-6-10-14)15-11-7-4-8-12-15/h2-12H,1,13H2/q+1. The third kappa shape index (κ3) is 2.73. The Morgan fingerprint density at radius 3 is 1.62 bits per heavy atom. The van der Waals surface area contributed by atoms with Crippen LogP contribution in [0.15, 0.2) is 73.3 Å². The van der Waals surface area contributed by atoms with E-state index in [1.54, 1.807) is 0 Å². The maximum Gasteiger partial charge on any atom is 0.151 e. The van der Waals surface area contributed by atoms with Crippen molar-refractivity contribution in [3.63, 3.8) is 0 Å². The molecule has 0 saturated carbocycles. The van der Waals surface area contributed by atoms with Crippen molar-refractivity contribution in [1.82, 2.24) is 0 Å². The first-order chi connectivity index (χ1) is 7.92. The van der Waals surface area contributed by atoms with Crippen LogP contribution >= 0.6 is 0 Å². The van der Waals surface area contributed by atoms with Crippen LogP contribution in [0.1, 0.15) is 0 Å². The SMILES string of the molecule is C=CC[I+](c1ccccc1)c1ccccc1. The Labute approximate surface area is 104 Å². The van der Waals surface area contributed by atoms with Crippen LogP contribution in [0.2, 0.25) is 0 Å². The van der Waals surface area contributed by atoms with Crippen LogP contribution in [0.4, 0.5) is 0 Å². The molecular formula is C15H15I+. The molecule has 0 N–H and O–H groups in total. The van der Waals surface area contributed by atoms with E-state index in [4.69, 9.17) is 0 Å². The van der Waals surface area contributed by atoms with Crippen molar-refractivity contribution in [2.45, 2.75) is 0 Å². The van der Waals surface area contributed by atoms with Crippen LogP contribution in [0.25, 0.3) is 0 Å². The van der Waals surface area contributed by atoms with Crippen molar-refractivity contribution in [3.05, 3.63) is 80.5 Å². The minimum absolute atomic E-state index is 1.14. The van der Waals surface area contributed by atoms with E-state index in [-0.39, 0.29) is 0 Å². The van der Waals surface area contributed by atoms with E-state index in [2.05, 4.69) is 73.3 Å². The molecule has 0 amide bonds. The first-order valence-electron chi connectivity index (χ1n) is 5.28. The fourth-order valence-electron chi connectivity index (χ4n) is 1.55. The molecule has 0 heterocycles. The molecule has 1 heteroatoms. The van der Waals surface area contributed by atoms with Crippen LogP contribution in [0.5, 0.6) is 0 Å². The Balaban J connectivity index is 2.35. The Morgan fingerprint density at radius 2 is 1.25 bits per heavy atom. The molecule has 16 heavy (non-hydrogen) atoms. The minimum atomic E-state index is -1.26. The lowest BCUT2D eigenvalue weighted by Gasteiger charge is -2.03. The predicted molar refractivity (Wildman–Crippen MR) is 65.3 cm³/mol. The first kappa shape index (κ1) is 11.4. The van der Waals surface area contributed by atoms with Gasteiger partial charge in [-0.25, -0.2) is 0 Å². The fourth-order valence-corrected chi connectivity index (χ4v) is 6.47. The molecule has 0 nitrogen and oxygen atoms in total. The lowest BCUT2D eigenvalue weighted by Crippen LogP contribution is -3.86. The van der Waals surface area contributed by atoms with Crippen LogP contribution in [0, 0.1) is 7.14 Å². The van der Waals surface area contributed by atoms with E-state index in [1.165, 1.54) is 7.14 Å². The molecule has 0 unspecified atom stereocenters. The quantitative estimate of drug-likeness (QED) is 0.438. The predicted octanol–water partition coefficient (Wildman–Crippen LogP) is 0.537. The molecule has 0 aliphatic carbocycles. The van der Waals surface area contributed by atoms with Gasteiger partial charge in [-0.3, -0.25) is 0 Å². The van der Waals surface area contributed by atoms with Gasteiger partial charge in [-0.1, -0.05) is 43.0 Å². The van der Waals surface area contributed by atoms with Gasteiger partial charge < -0.3 is 0 Å². The van der Waals surface area contributed by atoms with Gasteiger partial charge in [-0.2, -0.15) is 0 Å². The zero-order valence-electron chi connectivity index (χ0n) is 9.14. The van der Waals surface area contributed by atoms with E-state index < -0.39 is 19.8 Å². The Morgan fingerprint density at radius 1 is 0.812 bits per heavy atom. The molecule has 0 saturated heterocycles. The number of allylic oxidation sites excluding steroid dienone is 1. The lowest BCUT2D eigenvalue weighted by atomic mass is 10.4. The summed E-state index contributed by atoms with van der Waals surface area (Å²) < 4.78 is 4.16. The topological polar surface area (TPSA) is 0 Å². The molecule has 1 radical (unpaired) electrons. The van der Waals surface area contributed by atoms with E-state index in [1.807, 2.05) is 0 Å². The summed E-state index contributed by atoms with van der Waals surface area (Å²) in [5, 5.41) is 0. The molecule has 0 aliphatic rings. The van der Waals surface area contributed by atoms with Crippen molar-refractivity contribution < 1.29 is 19.8 Å². The average molecular weight is 322 g/mol. The fraction of sp³-hybridized carbons (Fsp3) is 0.0667. The van der Waals surface area contributed by atoms with E-state index in [9.17, 15) is 0 Å². The molecule has 0 fully saturated rings. The molecular weight excluding hydrogens is 307 g/mol. The van der Waals surface area contributed by atoms with Crippen LogP contribution in [-0.4, -0.2) is 4.43 Å². The highest BCUT2D eigenvalue weighted by Gasteiger charge is 2.24. The molecule has 0 aliphatic heterocycles. The molecule has 0 spiro atoms. The first-order valence-corrected chi connectivity index (χ1v) is 8.97. The second kappa shape index (κ2) is 5.85. The van der Waals surface area contributed by atoms with Gasteiger partial charge >= 0.3 is 0 Å². The summed E-state index contributed by atoms with van der Waals surface area (Å²) in [6.07, 6.45) is 2.06. The molecule has 2 aromatic rings. The maximum absolute atomic E-state index is 3.89. The number of benzene rings is 2. The number of halogens is 1. The van der Waals surface area contributed by atoms with Crippen molar-refractivity contribution in [1.29, 1.82) is 0 Å². The molecule has 0 atom stereocenters. The van der Waals surface area contributed by atoms with Crippen LogP contribution in [-0.2, 0) is 0 Å². The Bertz CT molecular complexity index is 394. The van der Waals surface area contributed by atoms with Crippen LogP contribution < -0.4 is 19.8 Å². The summed E-state index contributed by atoms with van der Waals surface area (Å²) >= 11 is -1.26. The zero-order valence-corrected chi connectivity index (χ0v) is 11.3. The number of hydrogen-bond donors (Lipinski definition) is 0. The van der Waals surface area contributed by atoms with Crippen LogP contribution in [0.3, 0.4) is 0 Å². The Hall–Kier alpha value is -1.09. The monoisotopic (exact) mass is 322 g/mol. The van der Waals surface area contributed by atoms with Gasteiger partial charge in [0.05, 0.1) is 0 Å². The molecule has 0 bridgehead atoms. The second-order valence-corrected chi connectivity index (χ2v) is 8.83. The molecule has 0 aromatic heterocycles. The summed E-state index contributed by atoms with van der Waals surface area (Å²) in [4.78, 5) is 0. The van der Waals surface area contributed by atoms with Crippen molar-refractivity contribution in [2.24, 2.45) is 0 Å². The van der Waals surface area contributed by atoms with Gasteiger partial charge in [-0.05, 0) is 30.3 Å². The van der Waals surface area contributed by atoms with Gasteiger partial charge in [0.2, 0.25) is 0 Å². The third-order valence-electron chi connectivity index (χ3n) is 2.26. The normalized spacial score (nSPS) is 10.3. The summed E-state index contributed by atoms with van der Waals surface area (Å²) in [5.41, 5.74) is 0. The lowest BCUT2D eigenvalue weighted by molar-refractivity contribution is -0.849. The number of alkyl halides is 1. The van der Waals surface area contributed by atoms with Crippen molar-refractivity contribution >= 4 is 0 Å². The van der Waals surface area contributed by atoms with E-state index in [0.717, 1.165) is 4.43 Å². The highest BCUT2D eigenvalue weighted by molar-refractivity contribution is 5.04. The third-order valence-corrected chi connectivity index (χ3v) is 8.21. The van der Waals surface area contributed by atoms with Gasteiger partial charge in [0.15, 0.2) is 7.14 Å². The molecule has 81 valence electrons. The highest BCUT2D eigenvalue weighted by Crippen LogP contribution is 1.87. The smallest absolute Gasteiger partial charge is 0.0990 e. The number of rotatable bonds is 4. The summed E-state index contributed by atoms with van der Waals surface area (Å²) in [6, 6.07) is 21.7. The van der Waals surface area contributed by atoms with Gasteiger partial charge in [0.25, 0.3) is 0 Å². The summed E-state index contributed by atoms with van der Waals surface area (Å²) in [7, 11) is 0. The van der Waals surface area contributed by atoms with E-state index in [0.29, 0.717) is 0 Å². The van der Waals surface area contributed by atoms with E-state index >= 15 is 0 Å². The zero-order chi connectivity index (χ0) is 11.2. The van der Waals surface area contributed by atoms with Gasteiger partial charge in [-0.15, -0.1) is 0 Å². The van der Waals surface area contributed by atoms with Gasteiger partial charge in [0.1, 0.15) is 24.2 Å². The maximum atomic E-state index is 3.89. The molecule has 2 rings (SSSR count). The Kier molecular flexibility index (Phi) is 4.17. The molecule has 2 aromatic carbocycles.